The smallest absolute Gasteiger partial charge is 0.301 e. The number of benzene rings is 2. The maximum Gasteiger partial charge on any atom is 0.301 e. The molecule has 0 bridgehead atoms. The Morgan fingerprint density at radius 1 is 1.15 bits per heavy atom. The number of likely N-dealkylation sites (tertiary alicyclic amines) is 1. The zero-order chi connectivity index (χ0) is 28.5. The Morgan fingerprint density at radius 2 is 1.95 bits per heavy atom. The summed E-state index contributed by atoms with van der Waals surface area (Å²) in [6.45, 7) is 2.75. The number of halogens is 3. The summed E-state index contributed by atoms with van der Waals surface area (Å²) in [5.41, 5.74) is 2.83. The summed E-state index contributed by atoms with van der Waals surface area (Å²) in [5, 5.41) is 8.82. The molecule has 1 fully saturated rings. The molecule has 40 heavy (non-hydrogen) atoms. The Bertz CT molecular complexity index is 1330. The molecule has 0 aliphatic carbocycles. The van der Waals surface area contributed by atoms with Gasteiger partial charge in [-0.2, -0.15) is 8.78 Å². The van der Waals surface area contributed by atoms with Crippen LogP contribution in [0, 0.1) is 6.92 Å². The molecule has 2 heterocycles. The van der Waals surface area contributed by atoms with Crippen LogP contribution in [0.1, 0.15) is 46.3 Å². The first-order valence-electron chi connectivity index (χ1n) is 13.3. The van der Waals surface area contributed by atoms with Gasteiger partial charge in [-0.05, 0) is 80.7 Å². The van der Waals surface area contributed by atoms with Crippen LogP contribution in [0.25, 0.3) is 0 Å². The van der Waals surface area contributed by atoms with E-state index in [-0.39, 0.29) is 5.69 Å². The zero-order valence-electron chi connectivity index (χ0n) is 22.7. The van der Waals surface area contributed by atoms with Gasteiger partial charge in [0.25, 0.3) is 5.91 Å². The average Bonchev–Trinajstić information content (AvgIpc) is 3.49. The fourth-order valence-electron chi connectivity index (χ4n) is 4.53. The summed E-state index contributed by atoms with van der Waals surface area (Å²) >= 11 is 0. The number of hydrogen-bond acceptors (Lipinski definition) is 6. The van der Waals surface area contributed by atoms with Crippen molar-refractivity contribution in [2.24, 2.45) is 15.0 Å². The van der Waals surface area contributed by atoms with Gasteiger partial charge in [-0.25, -0.2) is 19.4 Å². The molecular weight excluding hydrogens is 519 g/mol. The number of carbonyl (C=O) groups is 1. The summed E-state index contributed by atoms with van der Waals surface area (Å²) < 4.78 is 41.9. The minimum absolute atomic E-state index is 0.194. The highest BCUT2D eigenvalue weighted by molar-refractivity contribution is 6.05. The molecule has 11 heteroatoms. The molecule has 2 aromatic carbocycles. The van der Waals surface area contributed by atoms with E-state index in [4.69, 9.17) is 0 Å². The van der Waals surface area contributed by atoms with E-state index in [0.29, 0.717) is 41.2 Å². The lowest BCUT2D eigenvalue weighted by Gasteiger charge is -2.19. The maximum absolute atomic E-state index is 14.4. The molecule has 0 atom stereocenters. The lowest BCUT2D eigenvalue weighted by Crippen LogP contribution is -2.22. The van der Waals surface area contributed by atoms with E-state index in [9.17, 15) is 18.0 Å². The molecule has 3 N–H and O–H groups in total. The van der Waals surface area contributed by atoms with Crippen LogP contribution in [-0.2, 0) is 12.3 Å². The average molecular weight is 554 g/mol. The van der Waals surface area contributed by atoms with Crippen LogP contribution in [-0.4, -0.2) is 63.1 Å². The number of amides is 1. The molecule has 0 radical (unpaired) electrons. The standard InChI is InChI=1S/C29H34F3N7O/c1-20-5-6-22(15-26(20)38-27(36-18-33-2)25-7-9-34-19-35-25)28(40)37-24-14-21(8-12-39-10-3-4-11-39)13-23(16-24)29(31,32)17-30/h5-6,9,13-16,18-19,38H,3-4,7-8,10-12,17H2,1-2H3,(H,33,36)(H,37,40)/b27-25-. The van der Waals surface area contributed by atoms with Crippen molar-refractivity contribution in [1.82, 2.24) is 10.2 Å². The Hall–Kier alpha value is -3.99. The second-order valence-electron chi connectivity index (χ2n) is 9.79. The van der Waals surface area contributed by atoms with Gasteiger partial charge < -0.3 is 20.9 Å². The number of anilines is 2. The van der Waals surface area contributed by atoms with Crippen LogP contribution in [0.15, 0.2) is 62.9 Å². The number of carbonyl (C=O) groups excluding carboxylic acids is 1. The van der Waals surface area contributed by atoms with E-state index in [1.54, 1.807) is 37.5 Å². The van der Waals surface area contributed by atoms with Gasteiger partial charge >= 0.3 is 5.92 Å². The maximum atomic E-state index is 14.4. The topological polar surface area (TPSA) is 93.5 Å². The van der Waals surface area contributed by atoms with Gasteiger partial charge in [0.1, 0.15) is 6.34 Å². The van der Waals surface area contributed by atoms with E-state index in [1.807, 2.05) is 6.92 Å². The molecule has 1 amide bonds. The summed E-state index contributed by atoms with van der Waals surface area (Å²) in [6.07, 6.45) is 7.92. The summed E-state index contributed by atoms with van der Waals surface area (Å²) in [7, 11) is 1.73. The first kappa shape index (κ1) is 29.0. The van der Waals surface area contributed by atoms with Crippen molar-refractivity contribution in [2.75, 3.05) is 44.0 Å². The molecule has 4 rings (SSSR count). The third kappa shape index (κ3) is 7.56. The molecule has 0 unspecified atom stereocenters. The van der Waals surface area contributed by atoms with Crippen molar-refractivity contribution >= 4 is 36.2 Å². The van der Waals surface area contributed by atoms with Crippen molar-refractivity contribution in [1.29, 1.82) is 0 Å². The first-order valence-corrected chi connectivity index (χ1v) is 13.3. The molecule has 0 saturated carbocycles. The Balaban J connectivity index is 1.57. The quantitative estimate of drug-likeness (QED) is 0.261. The van der Waals surface area contributed by atoms with E-state index in [0.717, 1.165) is 44.1 Å². The summed E-state index contributed by atoms with van der Waals surface area (Å²) in [4.78, 5) is 28.2. The minimum atomic E-state index is -3.64. The van der Waals surface area contributed by atoms with E-state index in [2.05, 4.69) is 35.8 Å². The van der Waals surface area contributed by atoms with Gasteiger partial charge in [0.2, 0.25) is 0 Å². The molecule has 2 aliphatic heterocycles. The predicted molar refractivity (Wildman–Crippen MR) is 155 cm³/mol. The van der Waals surface area contributed by atoms with Crippen molar-refractivity contribution in [3.8, 4) is 0 Å². The van der Waals surface area contributed by atoms with Gasteiger partial charge in [-0.3, -0.25) is 4.79 Å². The number of nitrogens with zero attached hydrogens (tertiary/aromatic N) is 4. The highest BCUT2D eigenvalue weighted by atomic mass is 19.3. The predicted octanol–water partition coefficient (Wildman–Crippen LogP) is 5.28. The van der Waals surface area contributed by atoms with Gasteiger partial charge in [0.15, 0.2) is 12.5 Å². The number of alkyl halides is 3. The SMILES string of the molecule is CN/C=N\C(Nc1cc(C(=O)Nc2cc(CCN3CCCC3)cc(C(F)(F)CF)c2)ccc1C)=C1/CC=NC=N1. The van der Waals surface area contributed by atoms with Crippen LogP contribution in [0.2, 0.25) is 0 Å². The lowest BCUT2D eigenvalue weighted by molar-refractivity contribution is -0.0281. The molecular formula is C29H34F3N7O. The largest absolute Gasteiger partial charge is 0.379 e. The van der Waals surface area contributed by atoms with Crippen LogP contribution < -0.4 is 16.0 Å². The van der Waals surface area contributed by atoms with Gasteiger partial charge in [0, 0.05) is 48.7 Å². The normalized spacial score (nSPS) is 16.9. The molecule has 0 spiro atoms. The van der Waals surface area contributed by atoms with E-state index < -0.39 is 24.1 Å². The lowest BCUT2D eigenvalue weighted by atomic mass is 10.0. The number of allylic oxidation sites excluding steroid dienone is 1. The molecule has 212 valence electrons. The number of nitrogens with one attached hydrogen (secondary N) is 3. The highest BCUT2D eigenvalue weighted by Crippen LogP contribution is 2.32. The van der Waals surface area contributed by atoms with Crippen LogP contribution >= 0.6 is 0 Å². The number of rotatable bonds is 11. The van der Waals surface area contributed by atoms with Crippen molar-refractivity contribution in [2.45, 2.75) is 38.5 Å². The van der Waals surface area contributed by atoms with Gasteiger partial charge in [-0.1, -0.05) is 6.07 Å². The van der Waals surface area contributed by atoms with Crippen molar-refractivity contribution in [3.63, 3.8) is 0 Å². The number of aliphatic imine (C=N–C) groups is 3. The highest BCUT2D eigenvalue weighted by Gasteiger charge is 2.32. The second-order valence-corrected chi connectivity index (χ2v) is 9.79. The molecule has 2 aromatic rings. The summed E-state index contributed by atoms with van der Waals surface area (Å²) in [5.74, 6) is -3.64. The zero-order valence-corrected chi connectivity index (χ0v) is 22.7. The Kier molecular flexibility index (Phi) is 9.70. The molecule has 2 aliphatic rings. The van der Waals surface area contributed by atoms with Crippen LogP contribution in [0.5, 0.6) is 0 Å². The van der Waals surface area contributed by atoms with Gasteiger partial charge in [0.05, 0.1) is 12.0 Å². The van der Waals surface area contributed by atoms with E-state index >= 15 is 0 Å². The monoisotopic (exact) mass is 553 g/mol. The molecule has 8 nitrogen and oxygen atoms in total. The van der Waals surface area contributed by atoms with Crippen LogP contribution in [0.4, 0.5) is 24.5 Å². The fraction of sp³-hybridized carbons (Fsp3) is 0.379. The molecule has 0 aromatic heterocycles. The Labute approximate surface area is 232 Å². The fourth-order valence-corrected chi connectivity index (χ4v) is 4.53. The molecule has 1 saturated heterocycles. The minimum Gasteiger partial charge on any atom is -0.379 e. The van der Waals surface area contributed by atoms with Crippen LogP contribution in [0.3, 0.4) is 0 Å². The van der Waals surface area contributed by atoms with Gasteiger partial charge in [-0.15, -0.1) is 0 Å². The third-order valence-corrected chi connectivity index (χ3v) is 6.78. The first-order chi connectivity index (χ1) is 19.3. The second kappa shape index (κ2) is 13.4. The van der Waals surface area contributed by atoms with E-state index in [1.165, 1.54) is 18.7 Å². The van der Waals surface area contributed by atoms with Crippen molar-refractivity contribution < 1.29 is 18.0 Å². The van der Waals surface area contributed by atoms with Crippen molar-refractivity contribution in [3.05, 3.63) is 70.2 Å². The third-order valence-electron chi connectivity index (χ3n) is 6.78. The number of aryl methyl sites for hydroxylation is 1. The Morgan fingerprint density at radius 3 is 2.65 bits per heavy atom. The number of hydrogen-bond donors (Lipinski definition) is 3. The summed E-state index contributed by atoms with van der Waals surface area (Å²) in [6, 6.07) is 9.24.